The SMILES string of the molecule is CCCC(O)O.CCCCOCCCC. The Morgan fingerprint density at radius 1 is 0.867 bits per heavy atom. The summed E-state index contributed by atoms with van der Waals surface area (Å²) in [6, 6.07) is 0. The van der Waals surface area contributed by atoms with Crippen LogP contribution in [0.25, 0.3) is 0 Å². The van der Waals surface area contributed by atoms with Crippen molar-refractivity contribution in [2.45, 2.75) is 65.6 Å². The zero-order valence-corrected chi connectivity index (χ0v) is 10.5. The predicted molar refractivity (Wildman–Crippen MR) is 63.8 cm³/mol. The quantitative estimate of drug-likeness (QED) is 0.488. The minimum Gasteiger partial charge on any atom is -0.381 e. The molecular formula is C12H28O3. The lowest BCUT2D eigenvalue weighted by atomic mass is 10.3. The van der Waals surface area contributed by atoms with E-state index in [2.05, 4.69) is 13.8 Å². The van der Waals surface area contributed by atoms with Crippen molar-refractivity contribution in [2.75, 3.05) is 13.2 Å². The Morgan fingerprint density at radius 3 is 1.53 bits per heavy atom. The van der Waals surface area contributed by atoms with Crippen molar-refractivity contribution in [3.63, 3.8) is 0 Å². The highest BCUT2D eigenvalue weighted by molar-refractivity contribution is 4.34. The van der Waals surface area contributed by atoms with Gasteiger partial charge in [0, 0.05) is 13.2 Å². The molecule has 3 heteroatoms. The summed E-state index contributed by atoms with van der Waals surface area (Å²) in [6.45, 7) is 8.18. The largest absolute Gasteiger partial charge is 0.381 e. The first-order valence-electron chi connectivity index (χ1n) is 6.12. The number of aliphatic hydroxyl groups excluding tert-OH is 1. The van der Waals surface area contributed by atoms with Crippen LogP contribution in [0, 0.1) is 0 Å². The molecule has 0 radical (unpaired) electrons. The van der Waals surface area contributed by atoms with Crippen LogP contribution in [0.1, 0.15) is 59.3 Å². The summed E-state index contributed by atoms with van der Waals surface area (Å²) in [6.07, 6.45) is 5.12. The van der Waals surface area contributed by atoms with E-state index in [1.807, 2.05) is 6.92 Å². The molecule has 3 nitrogen and oxygen atoms in total. The normalized spacial score (nSPS) is 10.0. The van der Waals surface area contributed by atoms with Gasteiger partial charge in [-0.25, -0.2) is 0 Å². The van der Waals surface area contributed by atoms with Crippen LogP contribution in [0.4, 0.5) is 0 Å². The molecule has 0 spiro atoms. The number of hydrogen-bond donors (Lipinski definition) is 2. The van der Waals surface area contributed by atoms with E-state index in [0.29, 0.717) is 6.42 Å². The van der Waals surface area contributed by atoms with E-state index < -0.39 is 6.29 Å². The minimum absolute atomic E-state index is 0.486. The number of aliphatic hydroxyl groups is 2. The Labute approximate surface area is 94.5 Å². The highest BCUT2D eigenvalue weighted by atomic mass is 16.5. The second-order valence-corrected chi connectivity index (χ2v) is 3.59. The lowest BCUT2D eigenvalue weighted by molar-refractivity contribution is -0.0453. The molecule has 0 unspecified atom stereocenters. The maximum Gasteiger partial charge on any atom is 0.151 e. The molecule has 0 rings (SSSR count). The zero-order valence-electron chi connectivity index (χ0n) is 10.5. The van der Waals surface area contributed by atoms with E-state index in [-0.39, 0.29) is 0 Å². The second kappa shape index (κ2) is 16.3. The van der Waals surface area contributed by atoms with Crippen molar-refractivity contribution in [3.05, 3.63) is 0 Å². The third-order valence-electron chi connectivity index (χ3n) is 1.83. The van der Waals surface area contributed by atoms with E-state index in [0.717, 1.165) is 19.6 Å². The first-order valence-corrected chi connectivity index (χ1v) is 6.12. The Kier molecular flexibility index (Phi) is 18.8. The third-order valence-corrected chi connectivity index (χ3v) is 1.83. The zero-order chi connectivity index (χ0) is 11.9. The molecule has 0 aliphatic rings. The molecule has 94 valence electrons. The van der Waals surface area contributed by atoms with Gasteiger partial charge in [-0.15, -0.1) is 0 Å². The first kappa shape index (κ1) is 17.3. The molecule has 0 aliphatic carbocycles. The van der Waals surface area contributed by atoms with Gasteiger partial charge in [0.15, 0.2) is 6.29 Å². The molecule has 0 aliphatic heterocycles. The molecule has 0 saturated heterocycles. The van der Waals surface area contributed by atoms with Gasteiger partial charge in [0.05, 0.1) is 0 Å². The molecule has 0 bridgehead atoms. The molecule has 0 aromatic carbocycles. The summed E-state index contributed by atoms with van der Waals surface area (Å²) in [4.78, 5) is 0. The van der Waals surface area contributed by atoms with Crippen LogP contribution in [0.5, 0.6) is 0 Å². The van der Waals surface area contributed by atoms with Crippen molar-refractivity contribution in [3.8, 4) is 0 Å². The number of ether oxygens (including phenoxy) is 1. The molecule has 2 N–H and O–H groups in total. The van der Waals surface area contributed by atoms with Crippen LogP contribution in [0.3, 0.4) is 0 Å². The summed E-state index contributed by atoms with van der Waals surface area (Å²) in [7, 11) is 0. The van der Waals surface area contributed by atoms with Crippen molar-refractivity contribution in [2.24, 2.45) is 0 Å². The molecule has 0 atom stereocenters. The standard InChI is InChI=1S/C8H18O.C4H10O2/c1-3-5-7-9-8-6-4-2;1-2-3-4(5)6/h3-8H2,1-2H3;4-6H,2-3H2,1H3. The van der Waals surface area contributed by atoms with Crippen LogP contribution in [-0.4, -0.2) is 29.7 Å². The molecule has 0 fully saturated rings. The fourth-order valence-corrected chi connectivity index (χ4v) is 0.853. The van der Waals surface area contributed by atoms with E-state index in [4.69, 9.17) is 14.9 Å². The topological polar surface area (TPSA) is 49.7 Å². The smallest absolute Gasteiger partial charge is 0.151 e. The van der Waals surface area contributed by atoms with Crippen LogP contribution in [0.2, 0.25) is 0 Å². The van der Waals surface area contributed by atoms with Gasteiger partial charge in [0.25, 0.3) is 0 Å². The van der Waals surface area contributed by atoms with Gasteiger partial charge in [-0.1, -0.05) is 40.0 Å². The van der Waals surface area contributed by atoms with E-state index >= 15 is 0 Å². The van der Waals surface area contributed by atoms with Crippen molar-refractivity contribution >= 4 is 0 Å². The average Bonchev–Trinajstić information content (AvgIpc) is 2.18. The van der Waals surface area contributed by atoms with Crippen LogP contribution < -0.4 is 0 Å². The maximum atomic E-state index is 8.11. The molecular weight excluding hydrogens is 192 g/mol. The van der Waals surface area contributed by atoms with Gasteiger partial charge < -0.3 is 14.9 Å². The second-order valence-electron chi connectivity index (χ2n) is 3.59. The van der Waals surface area contributed by atoms with Crippen molar-refractivity contribution in [1.82, 2.24) is 0 Å². The molecule has 0 saturated carbocycles. The van der Waals surface area contributed by atoms with Crippen LogP contribution in [-0.2, 0) is 4.74 Å². The molecule has 0 aromatic heterocycles. The van der Waals surface area contributed by atoms with E-state index in [1.165, 1.54) is 25.7 Å². The molecule has 0 heterocycles. The fraction of sp³-hybridized carbons (Fsp3) is 1.00. The number of rotatable bonds is 8. The number of unbranched alkanes of at least 4 members (excludes halogenated alkanes) is 2. The van der Waals surface area contributed by atoms with Gasteiger partial charge >= 0.3 is 0 Å². The van der Waals surface area contributed by atoms with E-state index in [1.54, 1.807) is 0 Å². The lowest BCUT2D eigenvalue weighted by Crippen LogP contribution is -2.01. The highest BCUT2D eigenvalue weighted by Crippen LogP contribution is 1.91. The van der Waals surface area contributed by atoms with Crippen LogP contribution in [0.15, 0.2) is 0 Å². The Hall–Kier alpha value is -0.120. The summed E-state index contributed by atoms with van der Waals surface area (Å²) >= 11 is 0. The Balaban J connectivity index is 0. The van der Waals surface area contributed by atoms with Gasteiger partial charge in [0.1, 0.15) is 0 Å². The summed E-state index contributed by atoms with van der Waals surface area (Å²) in [5.74, 6) is 0. The van der Waals surface area contributed by atoms with Crippen molar-refractivity contribution in [1.29, 1.82) is 0 Å². The predicted octanol–water partition coefficient (Wildman–Crippen LogP) is 2.70. The highest BCUT2D eigenvalue weighted by Gasteiger charge is 1.89. The van der Waals surface area contributed by atoms with Gasteiger partial charge in [-0.05, 0) is 19.3 Å². The van der Waals surface area contributed by atoms with E-state index in [9.17, 15) is 0 Å². The Bertz CT molecular complexity index is 88.9. The number of hydrogen-bond acceptors (Lipinski definition) is 3. The average molecular weight is 220 g/mol. The third kappa shape index (κ3) is 24.8. The van der Waals surface area contributed by atoms with Gasteiger partial charge in [-0.2, -0.15) is 0 Å². The molecule has 15 heavy (non-hydrogen) atoms. The lowest BCUT2D eigenvalue weighted by Gasteiger charge is -1.99. The molecule has 0 amide bonds. The van der Waals surface area contributed by atoms with Gasteiger partial charge in [-0.3, -0.25) is 0 Å². The summed E-state index contributed by atoms with van der Waals surface area (Å²) < 4.78 is 5.31. The minimum atomic E-state index is -1.10. The summed E-state index contributed by atoms with van der Waals surface area (Å²) in [5, 5.41) is 16.2. The maximum absolute atomic E-state index is 8.11. The van der Waals surface area contributed by atoms with Gasteiger partial charge in [0.2, 0.25) is 0 Å². The monoisotopic (exact) mass is 220 g/mol. The molecule has 0 aromatic rings. The fourth-order valence-electron chi connectivity index (χ4n) is 0.853. The summed E-state index contributed by atoms with van der Waals surface area (Å²) in [5.41, 5.74) is 0. The van der Waals surface area contributed by atoms with Crippen molar-refractivity contribution < 1.29 is 14.9 Å². The Morgan fingerprint density at radius 2 is 1.33 bits per heavy atom. The first-order chi connectivity index (χ1) is 7.18. The van der Waals surface area contributed by atoms with Crippen LogP contribution >= 0.6 is 0 Å².